The van der Waals surface area contributed by atoms with Crippen molar-refractivity contribution in [2.75, 3.05) is 6.61 Å². The average Bonchev–Trinajstić information content (AvgIpc) is 2.22. The topological polar surface area (TPSA) is 145 Å². The molecular formula is C6H12O8S. The summed E-state index contributed by atoms with van der Waals surface area (Å²) in [6, 6.07) is 0. The van der Waals surface area contributed by atoms with E-state index in [0.717, 1.165) is 0 Å². The van der Waals surface area contributed by atoms with Gasteiger partial charge in [-0.3, -0.25) is 8.74 Å². The highest BCUT2D eigenvalue weighted by Gasteiger charge is 2.32. The summed E-state index contributed by atoms with van der Waals surface area (Å²) in [6.07, 6.45) is -7.24. The first-order valence-electron chi connectivity index (χ1n) is 3.82. The first-order chi connectivity index (χ1) is 6.93. The molecule has 0 aliphatic carbocycles. The second-order valence-electron chi connectivity index (χ2n) is 2.65. The van der Waals surface area contributed by atoms with E-state index in [4.69, 9.17) is 19.9 Å². The summed E-state index contributed by atoms with van der Waals surface area (Å²) < 4.78 is 22.5. The van der Waals surface area contributed by atoms with Gasteiger partial charge in [0.25, 0.3) is 0 Å². The van der Waals surface area contributed by atoms with Gasteiger partial charge in [0.15, 0.2) is 12.4 Å². The number of aldehydes is 1. The van der Waals surface area contributed by atoms with Crippen molar-refractivity contribution in [3.63, 3.8) is 0 Å². The lowest BCUT2D eigenvalue weighted by Gasteiger charge is -2.24. The predicted octanol–water partition coefficient (Wildman–Crippen LogP) is -3.22. The molecule has 0 bridgehead atoms. The van der Waals surface area contributed by atoms with Crippen LogP contribution in [-0.4, -0.2) is 66.5 Å². The van der Waals surface area contributed by atoms with Crippen molar-refractivity contribution >= 4 is 17.6 Å². The van der Waals surface area contributed by atoms with E-state index in [1.54, 1.807) is 0 Å². The minimum absolute atomic E-state index is 0.00784. The van der Waals surface area contributed by atoms with Gasteiger partial charge >= 0.3 is 11.4 Å². The van der Waals surface area contributed by atoms with Crippen LogP contribution in [0.5, 0.6) is 0 Å². The van der Waals surface area contributed by atoms with Gasteiger partial charge < -0.3 is 25.2 Å². The smallest absolute Gasteiger partial charge is 0.302 e. The van der Waals surface area contributed by atoms with Crippen molar-refractivity contribution in [2.45, 2.75) is 24.4 Å². The molecule has 0 spiro atoms. The monoisotopic (exact) mass is 244 g/mol. The zero-order valence-corrected chi connectivity index (χ0v) is 8.28. The van der Waals surface area contributed by atoms with Crippen LogP contribution in [0.4, 0.5) is 0 Å². The molecule has 5 atom stereocenters. The van der Waals surface area contributed by atoms with Crippen LogP contribution in [0, 0.1) is 0 Å². The van der Waals surface area contributed by atoms with Gasteiger partial charge in [-0.05, 0) is 0 Å². The molecule has 0 aromatic heterocycles. The third kappa shape index (κ3) is 4.75. The summed E-state index contributed by atoms with van der Waals surface area (Å²) in [4.78, 5) is 10.3. The highest BCUT2D eigenvalue weighted by atomic mass is 32.2. The zero-order valence-electron chi connectivity index (χ0n) is 7.46. The largest absolute Gasteiger partial charge is 0.394 e. The molecule has 0 heterocycles. The van der Waals surface area contributed by atoms with Crippen molar-refractivity contribution in [2.24, 2.45) is 0 Å². The molecule has 8 nitrogen and oxygen atoms in total. The van der Waals surface area contributed by atoms with Gasteiger partial charge in [-0.1, -0.05) is 0 Å². The van der Waals surface area contributed by atoms with Crippen molar-refractivity contribution in [3.8, 4) is 0 Å². The Morgan fingerprint density at radius 3 is 2.13 bits per heavy atom. The lowest BCUT2D eigenvalue weighted by molar-refractivity contribution is -0.132. The second-order valence-corrected chi connectivity index (χ2v) is 3.27. The molecule has 0 aromatic rings. The molecule has 0 aliphatic heterocycles. The predicted molar refractivity (Wildman–Crippen MR) is 46.8 cm³/mol. The van der Waals surface area contributed by atoms with E-state index in [-0.39, 0.29) is 6.29 Å². The molecule has 0 aromatic carbocycles. The number of carbonyl (C=O) groups is 1. The van der Waals surface area contributed by atoms with E-state index in [9.17, 15) is 14.1 Å². The van der Waals surface area contributed by atoms with Gasteiger partial charge in [0, 0.05) is 0 Å². The van der Waals surface area contributed by atoms with E-state index >= 15 is 0 Å². The van der Waals surface area contributed by atoms with Crippen LogP contribution in [0.2, 0.25) is 0 Å². The fourth-order valence-electron chi connectivity index (χ4n) is 0.785. The van der Waals surface area contributed by atoms with Gasteiger partial charge in [0.1, 0.15) is 18.3 Å². The molecule has 0 aliphatic rings. The maximum atomic E-state index is 10.3. The van der Waals surface area contributed by atoms with Gasteiger partial charge in [-0.2, -0.15) is 4.21 Å². The van der Waals surface area contributed by atoms with Crippen LogP contribution in [0.1, 0.15) is 0 Å². The van der Waals surface area contributed by atoms with Crippen molar-refractivity contribution in [1.82, 2.24) is 0 Å². The van der Waals surface area contributed by atoms with Crippen LogP contribution in [-0.2, 0) is 20.3 Å². The fraction of sp³-hybridized carbons (Fsp3) is 0.833. The number of rotatable bonds is 7. The van der Waals surface area contributed by atoms with Gasteiger partial charge in [-0.15, -0.1) is 0 Å². The Bertz CT molecular complexity index is 221. The van der Waals surface area contributed by atoms with Crippen LogP contribution in [0.15, 0.2) is 0 Å². The summed E-state index contributed by atoms with van der Waals surface area (Å²) in [6.45, 7) is -0.841. The van der Waals surface area contributed by atoms with E-state index in [1.807, 2.05) is 0 Å². The number of hydrogen-bond acceptors (Lipinski definition) is 7. The molecular weight excluding hydrogens is 232 g/mol. The minimum Gasteiger partial charge on any atom is -0.394 e. The summed E-state index contributed by atoms with van der Waals surface area (Å²) in [5.74, 6) is 0. The highest BCUT2D eigenvalue weighted by Crippen LogP contribution is 2.07. The molecule has 15 heavy (non-hydrogen) atoms. The summed E-state index contributed by atoms with van der Waals surface area (Å²) >= 11 is -2.79. The van der Waals surface area contributed by atoms with Crippen LogP contribution >= 0.6 is 0 Å². The minimum atomic E-state index is -2.79. The van der Waals surface area contributed by atoms with E-state index in [2.05, 4.69) is 4.18 Å². The standard InChI is InChI=1S/C6H12O8S/c7-1-3(9)5(10)6(11)4(2-8)14-15(12)13/h2-7,9-11H,1H2,(H,12,13)/t3-,4-,5-,6-/m1/s1. The van der Waals surface area contributed by atoms with Gasteiger partial charge in [-0.25, -0.2) is 0 Å². The van der Waals surface area contributed by atoms with E-state index in [1.165, 1.54) is 0 Å². The molecule has 0 rings (SSSR count). The zero-order chi connectivity index (χ0) is 12.0. The maximum Gasteiger partial charge on any atom is 0.302 e. The Labute approximate surface area is 87.6 Å². The third-order valence-electron chi connectivity index (χ3n) is 1.60. The Morgan fingerprint density at radius 2 is 1.80 bits per heavy atom. The number of aliphatic hydroxyl groups excluding tert-OH is 4. The average molecular weight is 244 g/mol. The second kappa shape index (κ2) is 6.95. The first kappa shape index (κ1) is 14.6. The lowest BCUT2D eigenvalue weighted by atomic mass is 10.0. The third-order valence-corrected chi connectivity index (χ3v) is 1.98. The van der Waals surface area contributed by atoms with Crippen LogP contribution < -0.4 is 0 Å². The number of aliphatic hydroxyl groups is 4. The number of hydrogen-bond donors (Lipinski definition) is 5. The SMILES string of the molecule is O=C[C@@H](OS(=O)O)[C@@H](O)[C@H](O)[C@H](O)CO. The van der Waals surface area contributed by atoms with Crippen molar-refractivity contribution in [1.29, 1.82) is 0 Å². The van der Waals surface area contributed by atoms with Crippen LogP contribution in [0.3, 0.4) is 0 Å². The Hall–Kier alpha value is -0.420. The summed E-state index contributed by atoms with van der Waals surface area (Å²) in [7, 11) is 0. The summed E-state index contributed by atoms with van der Waals surface area (Å²) in [5, 5.41) is 35.7. The molecule has 9 heteroatoms. The normalized spacial score (nSPS) is 21.4. The van der Waals surface area contributed by atoms with E-state index in [0.29, 0.717) is 0 Å². The molecule has 90 valence electrons. The molecule has 0 radical (unpaired) electrons. The maximum absolute atomic E-state index is 10.3. The Morgan fingerprint density at radius 1 is 1.27 bits per heavy atom. The molecule has 1 unspecified atom stereocenters. The van der Waals surface area contributed by atoms with Crippen molar-refractivity contribution in [3.05, 3.63) is 0 Å². The molecule has 0 saturated heterocycles. The quantitative estimate of drug-likeness (QED) is 0.232. The first-order valence-corrected chi connectivity index (χ1v) is 4.85. The van der Waals surface area contributed by atoms with Crippen LogP contribution in [0.25, 0.3) is 0 Å². The Balaban J connectivity index is 4.42. The molecule has 5 N–H and O–H groups in total. The Kier molecular flexibility index (Phi) is 6.76. The molecule has 0 amide bonds. The molecule has 0 fully saturated rings. The van der Waals surface area contributed by atoms with Gasteiger partial charge in [0.2, 0.25) is 0 Å². The fourth-order valence-corrected chi connectivity index (χ4v) is 1.13. The lowest BCUT2D eigenvalue weighted by Crippen LogP contribution is -2.47. The number of carbonyl (C=O) groups excluding carboxylic acids is 1. The highest BCUT2D eigenvalue weighted by molar-refractivity contribution is 7.74. The molecule has 0 saturated carbocycles. The van der Waals surface area contributed by atoms with Crippen molar-refractivity contribution < 1.29 is 38.2 Å². The van der Waals surface area contributed by atoms with E-state index < -0.39 is 42.4 Å². The van der Waals surface area contributed by atoms with Gasteiger partial charge in [0.05, 0.1) is 6.61 Å². The summed E-state index contributed by atoms with van der Waals surface area (Å²) in [5.41, 5.74) is 0.